The van der Waals surface area contributed by atoms with E-state index in [1.165, 1.54) is 54.7 Å². The third-order valence-corrected chi connectivity index (χ3v) is 10.5. The second kappa shape index (κ2) is 10.8. The van der Waals surface area contributed by atoms with Gasteiger partial charge in [0.15, 0.2) is 0 Å². The van der Waals surface area contributed by atoms with Crippen LogP contribution in [-0.4, -0.2) is 9.13 Å². The van der Waals surface area contributed by atoms with Gasteiger partial charge in [-0.3, -0.25) is 0 Å². The zero-order valence-electron chi connectivity index (χ0n) is 27.6. The lowest BCUT2D eigenvalue weighted by Crippen LogP contribution is -1.96. The Kier molecular flexibility index (Phi) is 5.96. The number of para-hydroxylation sites is 5. The molecule has 8 aromatic carbocycles. The van der Waals surface area contributed by atoms with Crippen molar-refractivity contribution < 1.29 is 4.42 Å². The van der Waals surface area contributed by atoms with Crippen molar-refractivity contribution in [2.45, 2.75) is 0 Å². The Balaban J connectivity index is 1.02. The maximum Gasteiger partial charge on any atom is 0.143 e. The smallest absolute Gasteiger partial charge is 0.143 e. The van der Waals surface area contributed by atoms with Crippen molar-refractivity contribution in [3.8, 4) is 33.6 Å². The molecule has 3 heterocycles. The molecule has 3 heteroatoms. The van der Waals surface area contributed by atoms with Gasteiger partial charge in [-0.2, -0.15) is 0 Å². The van der Waals surface area contributed by atoms with Crippen molar-refractivity contribution in [2.75, 3.05) is 0 Å². The van der Waals surface area contributed by atoms with Gasteiger partial charge in [0.25, 0.3) is 0 Å². The molecule has 0 aliphatic carbocycles. The molecular weight excluding hydrogens is 621 g/mol. The summed E-state index contributed by atoms with van der Waals surface area (Å²) in [6, 6.07) is 65.5. The number of hydrogen-bond acceptors (Lipinski definition) is 1. The maximum atomic E-state index is 6.34. The first-order valence-electron chi connectivity index (χ1n) is 17.4. The topological polar surface area (TPSA) is 23.0 Å². The van der Waals surface area contributed by atoms with Crippen molar-refractivity contribution in [3.63, 3.8) is 0 Å². The zero-order valence-corrected chi connectivity index (χ0v) is 27.6. The summed E-state index contributed by atoms with van der Waals surface area (Å²) in [6.07, 6.45) is 0. The molecule has 0 N–H and O–H groups in total. The van der Waals surface area contributed by atoms with Crippen LogP contribution in [0.15, 0.2) is 186 Å². The van der Waals surface area contributed by atoms with Crippen molar-refractivity contribution in [2.24, 2.45) is 0 Å². The van der Waals surface area contributed by atoms with Crippen LogP contribution in [0.25, 0.3) is 99.2 Å². The average Bonchev–Trinajstić information content (AvgIpc) is 3.86. The number of hydrogen-bond donors (Lipinski definition) is 0. The van der Waals surface area contributed by atoms with E-state index in [4.69, 9.17) is 4.42 Å². The Labute approximate surface area is 293 Å². The summed E-state index contributed by atoms with van der Waals surface area (Å²) >= 11 is 0. The predicted molar refractivity (Wildman–Crippen MR) is 213 cm³/mol. The molecule has 51 heavy (non-hydrogen) atoms. The van der Waals surface area contributed by atoms with Crippen molar-refractivity contribution >= 4 is 65.6 Å². The molecule has 0 aliphatic heterocycles. The Morgan fingerprint density at radius 3 is 1.55 bits per heavy atom. The lowest BCUT2D eigenvalue weighted by molar-refractivity contribution is 0.670. The summed E-state index contributed by atoms with van der Waals surface area (Å²) in [7, 11) is 0. The highest BCUT2D eigenvalue weighted by atomic mass is 16.3. The van der Waals surface area contributed by atoms with Crippen LogP contribution in [0.2, 0.25) is 0 Å². The molecule has 0 aliphatic rings. The minimum absolute atomic E-state index is 0.918. The second-order valence-corrected chi connectivity index (χ2v) is 13.3. The highest BCUT2D eigenvalue weighted by molar-refractivity contribution is 6.12. The van der Waals surface area contributed by atoms with Gasteiger partial charge in [-0.25, -0.2) is 0 Å². The first-order valence-corrected chi connectivity index (χ1v) is 17.4. The quantitative estimate of drug-likeness (QED) is 0.186. The van der Waals surface area contributed by atoms with Gasteiger partial charge in [-0.05, 0) is 71.3 Å². The monoisotopic (exact) mass is 650 g/mol. The molecule has 11 aromatic rings. The minimum atomic E-state index is 0.918. The van der Waals surface area contributed by atoms with Gasteiger partial charge in [0.1, 0.15) is 11.2 Å². The Morgan fingerprint density at radius 1 is 0.314 bits per heavy atom. The van der Waals surface area contributed by atoms with Crippen LogP contribution >= 0.6 is 0 Å². The molecule has 0 atom stereocenters. The lowest BCUT2D eigenvalue weighted by atomic mass is 9.98. The molecule has 0 radical (unpaired) electrons. The molecule has 238 valence electrons. The molecule has 3 aromatic heterocycles. The number of benzene rings is 8. The van der Waals surface area contributed by atoms with E-state index in [0.29, 0.717) is 0 Å². The van der Waals surface area contributed by atoms with Gasteiger partial charge in [0.2, 0.25) is 0 Å². The summed E-state index contributed by atoms with van der Waals surface area (Å²) in [5.41, 5.74) is 13.6. The number of aromatic nitrogens is 2. The van der Waals surface area contributed by atoms with Gasteiger partial charge in [-0.15, -0.1) is 0 Å². The summed E-state index contributed by atoms with van der Waals surface area (Å²) in [5.74, 6) is 0. The predicted octanol–water partition coefficient (Wildman–Crippen LogP) is 13.1. The highest BCUT2D eigenvalue weighted by Crippen LogP contribution is 2.39. The van der Waals surface area contributed by atoms with Gasteiger partial charge >= 0.3 is 0 Å². The van der Waals surface area contributed by atoms with E-state index in [1.54, 1.807) is 0 Å². The number of nitrogens with zero attached hydrogens (tertiary/aromatic N) is 2. The molecule has 0 bridgehead atoms. The standard InChI is InChI=1S/C48H30N2O/c1-5-19-43-37(13-1)38-14-2-6-20-44(38)50(43)35-27-28-46-42(30-35)39-15-3-7-21-45(39)49(46)34-12-9-11-33(29-34)31-23-25-32(26-24-31)36-17-10-18-41-40-16-4-8-22-47(40)51-48(36)41/h1-30H. The first kappa shape index (κ1) is 28.0. The molecule has 0 unspecified atom stereocenters. The van der Waals surface area contributed by atoms with Crippen molar-refractivity contribution in [1.82, 2.24) is 9.13 Å². The fourth-order valence-corrected chi connectivity index (χ4v) is 8.22. The molecule has 0 saturated carbocycles. The van der Waals surface area contributed by atoms with Crippen LogP contribution in [0.4, 0.5) is 0 Å². The maximum absolute atomic E-state index is 6.34. The number of fused-ring (bicyclic) bond motifs is 9. The zero-order chi connectivity index (χ0) is 33.5. The van der Waals surface area contributed by atoms with Crippen LogP contribution in [0.1, 0.15) is 0 Å². The third kappa shape index (κ3) is 4.19. The average molecular weight is 651 g/mol. The Bertz CT molecular complexity index is 3080. The van der Waals surface area contributed by atoms with Crippen LogP contribution in [-0.2, 0) is 0 Å². The summed E-state index contributed by atoms with van der Waals surface area (Å²) < 4.78 is 11.1. The fraction of sp³-hybridized carbons (Fsp3) is 0. The van der Waals surface area contributed by atoms with E-state index in [9.17, 15) is 0 Å². The van der Waals surface area contributed by atoms with Crippen LogP contribution in [0, 0.1) is 0 Å². The summed E-state index contributed by atoms with van der Waals surface area (Å²) in [6.45, 7) is 0. The molecule has 0 saturated heterocycles. The highest BCUT2D eigenvalue weighted by Gasteiger charge is 2.17. The van der Waals surface area contributed by atoms with Crippen molar-refractivity contribution in [3.05, 3.63) is 182 Å². The minimum Gasteiger partial charge on any atom is -0.455 e. The van der Waals surface area contributed by atoms with E-state index < -0.39 is 0 Å². The van der Waals surface area contributed by atoms with E-state index in [1.807, 2.05) is 12.1 Å². The first-order chi connectivity index (χ1) is 25.3. The lowest BCUT2D eigenvalue weighted by Gasteiger charge is -2.12. The summed E-state index contributed by atoms with van der Waals surface area (Å²) in [5, 5.41) is 7.31. The summed E-state index contributed by atoms with van der Waals surface area (Å²) in [4.78, 5) is 0. The molecule has 11 rings (SSSR count). The fourth-order valence-electron chi connectivity index (χ4n) is 8.22. The van der Waals surface area contributed by atoms with Gasteiger partial charge in [-0.1, -0.05) is 127 Å². The SMILES string of the molecule is c1cc(-c2ccc(-c3cccc4c3oc3ccccc34)cc2)cc(-n2c3ccccc3c3cc(-n4c5ccccc5c5ccccc54)ccc32)c1. The largest absolute Gasteiger partial charge is 0.455 e. The molecule has 0 amide bonds. The van der Waals surface area contributed by atoms with E-state index >= 15 is 0 Å². The Hall–Kier alpha value is -6.84. The van der Waals surface area contributed by atoms with Gasteiger partial charge in [0.05, 0.1) is 22.1 Å². The number of rotatable bonds is 4. The van der Waals surface area contributed by atoms with Gasteiger partial charge in [0, 0.05) is 49.3 Å². The molecule has 0 fully saturated rings. The van der Waals surface area contributed by atoms with E-state index in [2.05, 4.69) is 179 Å². The molecular formula is C48H30N2O. The van der Waals surface area contributed by atoms with Crippen LogP contribution < -0.4 is 0 Å². The molecule has 3 nitrogen and oxygen atoms in total. The van der Waals surface area contributed by atoms with Crippen molar-refractivity contribution in [1.29, 1.82) is 0 Å². The number of furan rings is 1. The van der Waals surface area contributed by atoms with E-state index in [-0.39, 0.29) is 0 Å². The molecule has 0 spiro atoms. The Morgan fingerprint density at radius 2 is 0.843 bits per heavy atom. The van der Waals surface area contributed by atoms with Crippen LogP contribution in [0.3, 0.4) is 0 Å². The third-order valence-electron chi connectivity index (χ3n) is 10.5. The van der Waals surface area contributed by atoms with Crippen LogP contribution in [0.5, 0.6) is 0 Å². The van der Waals surface area contributed by atoms with E-state index in [0.717, 1.165) is 44.4 Å². The second-order valence-electron chi connectivity index (χ2n) is 13.3. The van der Waals surface area contributed by atoms with Gasteiger partial charge < -0.3 is 13.6 Å². The normalized spacial score (nSPS) is 11.9.